The Bertz CT molecular complexity index is 1010. The van der Waals surface area contributed by atoms with Crippen LogP contribution in [0.4, 0.5) is 4.39 Å². The lowest BCUT2D eigenvalue weighted by Crippen LogP contribution is -2.56. The number of rotatable bonds is 6. The average Bonchev–Trinajstić information content (AvgIpc) is 2.73. The van der Waals surface area contributed by atoms with Crippen molar-refractivity contribution in [2.75, 3.05) is 26.2 Å². The zero-order valence-corrected chi connectivity index (χ0v) is 17.4. The molecule has 1 aliphatic rings. The van der Waals surface area contributed by atoms with Crippen molar-refractivity contribution in [1.82, 2.24) is 14.5 Å². The summed E-state index contributed by atoms with van der Waals surface area (Å²) in [6.45, 7) is 2.87. The molecule has 0 spiro atoms. The molecule has 1 heterocycles. The van der Waals surface area contributed by atoms with E-state index >= 15 is 0 Å². The maximum absolute atomic E-state index is 14.1. The summed E-state index contributed by atoms with van der Waals surface area (Å²) in [5, 5.41) is 0. The lowest BCUT2D eigenvalue weighted by molar-refractivity contribution is -0.139. The number of hydrogen-bond donors (Lipinski definition) is 1. The van der Waals surface area contributed by atoms with E-state index in [-0.39, 0.29) is 12.3 Å². The van der Waals surface area contributed by atoms with E-state index in [1.807, 2.05) is 6.07 Å². The average molecular weight is 434 g/mol. The first-order valence-electron chi connectivity index (χ1n) is 9.63. The van der Waals surface area contributed by atoms with Gasteiger partial charge in [0.15, 0.2) is 0 Å². The molecule has 0 aromatic heterocycles. The van der Waals surface area contributed by atoms with Gasteiger partial charge in [-0.15, -0.1) is 0 Å². The van der Waals surface area contributed by atoms with Crippen LogP contribution in [0.15, 0.2) is 59.5 Å². The minimum atomic E-state index is -4.26. The molecule has 3 rings (SSSR count). The van der Waals surface area contributed by atoms with Crippen LogP contribution in [-0.4, -0.2) is 62.3 Å². The minimum absolute atomic E-state index is 0.0665. The zero-order chi connectivity index (χ0) is 21.7. The zero-order valence-electron chi connectivity index (χ0n) is 16.6. The van der Waals surface area contributed by atoms with E-state index in [0.717, 1.165) is 17.7 Å². The Hall–Kier alpha value is -2.78. The molecule has 1 aliphatic heterocycles. The van der Waals surface area contributed by atoms with E-state index in [4.69, 9.17) is 0 Å². The van der Waals surface area contributed by atoms with Gasteiger partial charge in [-0.1, -0.05) is 42.5 Å². The second-order valence-electron chi connectivity index (χ2n) is 7.13. The Morgan fingerprint density at radius 2 is 1.53 bits per heavy atom. The third-order valence-electron chi connectivity index (χ3n) is 5.04. The van der Waals surface area contributed by atoms with Crippen molar-refractivity contribution < 1.29 is 22.4 Å². The first-order chi connectivity index (χ1) is 14.3. The SMILES string of the molecule is CC(=O)N1CCN(C(=O)[C@H](Cc2ccccc2)NS(=O)(=O)c2ccccc2F)CC1. The number of hydrogen-bond acceptors (Lipinski definition) is 4. The van der Waals surface area contributed by atoms with Gasteiger partial charge < -0.3 is 9.80 Å². The molecule has 0 bridgehead atoms. The molecule has 9 heteroatoms. The summed E-state index contributed by atoms with van der Waals surface area (Å²) in [4.78, 5) is 27.4. The summed E-state index contributed by atoms with van der Waals surface area (Å²) in [5.41, 5.74) is 0.773. The summed E-state index contributed by atoms with van der Waals surface area (Å²) in [7, 11) is -4.26. The van der Waals surface area contributed by atoms with Crippen molar-refractivity contribution in [1.29, 1.82) is 0 Å². The molecule has 1 saturated heterocycles. The maximum atomic E-state index is 14.1. The summed E-state index contributed by atoms with van der Waals surface area (Å²) in [6, 6.07) is 13.0. The topological polar surface area (TPSA) is 86.8 Å². The summed E-state index contributed by atoms with van der Waals surface area (Å²) < 4.78 is 42.1. The predicted molar refractivity (Wildman–Crippen MR) is 109 cm³/mol. The summed E-state index contributed by atoms with van der Waals surface area (Å²) in [6.07, 6.45) is 0.125. The Morgan fingerprint density at radius 1 is 0.967 bits per heavy atom. The molecular formula is C21H24FN3O4S. The normalized spacial score (nSPS) is 15.7. The number of amides is 2. The van der Waals surface area contributed by atoms with Gasteiger partial charge in [-0.3, -0.25) is 9.59 Å². The first-order valence-corrected chi connectivity index (χ1v) is 11.1. The van der Waals surface area contributed by atoms with Crippen LogP contribution in [-0.2, 0) is 26.0 Å². The molecule has 2 aromatic rings. The van der Waals surface area contributed by atoms with Crippen molar-refractivity contribution in [3.8, 4) is 0 Å². The first kappa shape index (κ1) is 21.9. The number of benzene rings is 2. The van der Waals surface area contributed by atoms with E-state index in [2.05, 4.69) is 4.72 Å². The van der Waals surface area contributed by atoms with Gasteiger partial charge in [-0.05, 0) is 24.1 Å². The summed E-state index contributed by atoms with van der Waals surface area (Å²) in [5.74, 6) is -1.35. The molecule has 2 amide bonds. The molecule has 1 fully saturated rings. The fraction of sp³-hybridized carbons (Fsp3) is 0.333. The Kier molecular flexibility index (Phi) is 6.84. The number of piperazine rings is 1. The number of carbonyl (C=O) groups is 2. The van der Waals surface area contributed by atoms with Crippen LogP contribution in [0.3, 0.4) is 0 Å². The van der Waals surface area contributed by atoms with Crippen LogP contribution in [0.25, 0.3) is 0 Å². The van der Waals surface area contributed by atoms with Gasteiger partial charge in [0.1, 0.15) is 16.8 Å². The number of nitrogens with one attached hydrogen (secondary N) is 1. The van der Waals surface area contributed by atoms with Crippen molar-refractivity contribution in [2.45, 2.75) is 24.3 Å². The number of nitrogens with zero attached hydrogens (tertiary/aromatic N) is 2. The van der Waals surface area contributed by atoms with Crippen molar-refractivity contribution >= 4 is 21.8 Å². The van der Waals surface area contributed by atoms with Crippen LogP contribution >= 0.6 is 0 Å². The Morgan fingerprint density at radius 3 is 2.13 bits per heavy atom. The standard InChI is InChI=1S/C21H24FN3O4S/c1-16(26)24-11-13-25(14-12-24)21(27)19(15-17-7-3-2-4-8-17)23-30(28,29)20-10-6-5-9-18(20)22/h2-10,19,23H,11-15H2,1H3/t19-/m0/s1. The van der Waals surface area contributed by atoms with Gasteiger partial charge in [-0.25, -0.2) is 12.8 Å². The highest BCUT2D eigenvalue weighted by atomic mass is 32.2. The van der Waals surface area contributed by atoms with E-state index in [1.165, 1.54) is 24.0 Å². The number of sulfonamides is 1. The molecular weight excluding hydrogens is 409 g/mol. The van der Waals surface area contributed by atoms with E-state index in [0.29, 0.717) is 26.2 Å². The molecule has 2 aromatic carbocycles. The molecule has 0 unspecified atom stereocenters. The quantitative estimate of drug-likeness (QED) is 0.746. The van der Waals surface area contributed by atoms with Gasteiger partial charge in [0.05, 0.1) is 0 Å². The monoisotopic (exact) mass is 433 g/mol. The molecule has 30 heavy (non-hydrogen) atoms. The van der Waals surface area contributed by atoms with Crippen molar-refractivity contribution in [3.63, 3.8) is 0 Å². The highest BCUT2D eigenvalue weighted by molar-refractivity contribution is 7.89. The second kappa shape index (κ2) is 9.36. The molecule has 1 atom stereocenters. The molecule has 160 valence electrons. The van der Waals surface area contributed by atoms with Crippen LogP contribution in [0.5, 0.6) is 0 Å². The third-order valence-corrected chi connectivity index (χ3v) is 6.55. The fourth-order valence-corrected chi connectivity index (χ4v) is 4.67. The predicted octanol–water partition coefficient (Wildman–Crippen LogP) is 1.41. The van der Waals surface area contributed by atoms with Crippen LogP contribution < -0.4 is 4.72 Å². The molecule has 0 saturated carbocycles. The number of halogens is 1. The van der Waals surface area contributed by atoms with Gasteiger partial charge >= 0.3 is 0 Å². The van der Waals surface area contributed by atoms with Gasteiger partial charge in [0.2, 0.25) is 21.8 Å². The maximum Gasteiger partial charge on any atom is 0.244 e. The smallest absolute Gasteiger partial charge is 0.244 e. The molecule has 7 nitrogen and oxygen atoms in total. The Labute approximate surface area is 175 Å². The lowest BCUT2D eigenvalue weighted by Gasteiger charge is -2.36. The van der Waals surface area contributed by atoms with Gasteiger partial charge in [-0.2, -0.15) is 4.72 Å². The highest BCUT2D eigenvalue weighted by Gasteiger charge is 2.32. The molecule has 0 radical (unpaired) electrons. The summed E-state index contributed by atoms with van der Waals surface area (Å²) >= 11 is 0. The van der Waals surface area contributed by atoms with Gasteiger partial charge in [0.25, 0.3) is 0 Å². The third kappa shape index (κ3) is 5.22. The van der Waals surface area contributed by atoms with Crippen molar-refractivity contribution in [3.05, 3.63) is 66.0 Å². The molecule has 0 aliphatic carbocycles. The Balaban J connectivity index is 1.83. The van der Waals surface area contributed by atoms with Crippen molar-refractivity contribution in [2.24, 2.45) is 0 Å². The fourth-order valence-electron chi connectivity index (χ4n) is 3.40. The van der Waals surface area contributed by atoms with Crippen LogP contribution in [0.2, 0.25) is 0 Å². The van der Waals surface area contributed by atoms with E-state index < -0.39 is 32.7 Å². The van der Waals surface area contributed by atoms with Gasteiger partial charge in [0, 0.05) is 33.1 Å². The van der Waals surface area contributed by atoms with Crippen LogP contribution in [0, 0.1) is 5.82 Å². The molecule has 1 N–H and O–H groups in total. The highest BCUT2D eigenvalue weighted by Crippen LogP contribution is 2.16. The van der Waals surface area contributed by atoms with E-state index in [9.17, 15) is 22.4 Å². The largest absolute Gasteiger partial charge is 0.339 e. The number of carbonyl (C=O) groups excluding carboxylic acids is 2. The minimum Gasteiger partial charge on any atom is -0.339 e. The van der Waals surface area contributed by atoms with Crippen LogP contribution in [0.1, 0.15) is 12.5 Å². The van der Waals surface area contributed by atoms with E-state index in [1.54, 1.807) is 29.2 Å². The lowest BCUT2D eigenvalue weighted by atomic mass is 10.1. The second-order valence-corrected chi connectivity index (χ2v) is 8.81.